The Kier molecular flexibility index (Phi) is 6.58. The second-order valence-electron chi connectivity index (χ2n) is 5.91. The van der Waals surface area contributed by atoms with Crippen LogP contribution >= 0.6 is 23.2 Å². The number of nitrogens with zero attached hydrogens (tertiary/aromatic N) is 2. The van der Waals surface area contributed by atoms with Crippen molar-refractivity contribution in [2.75, 3.05) is 23.1 Å². The number of methoxy groups -OCH3 is 1. The molecule has 3 N–H and O–H groups in total. The van der Waals surface area contributed by atoms with Crippen molar-refractivity contribution in [3.05, 3.63) is 64.9 Å². The van der Waals surface area contributed by atoms with Gasteiger partial charge in [-0.1, -0.05) is 23.2 Å². The van der Waals surface area contributed by atoms with Crippen molar-refractivity contribution in [3.8, 4) is 5.75 Å². The van der Waals surface area contributed by atoms with E-state index in [1.165, 1.54) is 23.1 Å². The molecule has 0 atom stereocenters. The number of anilines is 3. The monoisotopic (exact) mass is 433 g/mol. The lowest BCUT2D eigenvalue weighted by Crippen LogP contribution is -2.20. The first-order valence-electron chi connectivity index (χ1n) is 8.42. The largest absolute Gasteiger partial charge is 0.497 e. The van der Waals surface area contributed by atoms with Crippen molar-refractivity contribution in [1.29, 1.82) is 0 Å². The van der Waals surface area contributed by atoms with Gasteiger partial charge in [-0.15, -0.1) is 0 Å². The summed E-state index contributed by atoms with van der Waals surface area (Å²) in [7, 11) is 1.57. The van der Waals surface area contributed by atoms with Gasteiger partial charge < -0.3 is 20.7 Å². The van der Waals surface area contributed by atoms with Crippen LogP contribution in [0.2, 0.25) is 10.0 Å². The number of aromatic nitrogens is 2. The lowest BCUT2D eigenvalue weighted by molar-refractivity contribution is -0.116. The minimum absolute atomic E-state index is 0.0184. The van der Waals surface area contributed by atoms with Gasteiger partial charge >= 0.3 is 6.03 Å². The number of hydrogen-bond donors (Lipinski definition) is 3. The molecular weight excluding hydrogens is 417 g/mol. The van der Waals surface area contributed by atoms with Gasteiger partial charge in [0.25, 0.3) is 0 Å². The molecule has 3 aromatic rings. The van der Waals surface area contributed by atoms with E-state index < -0.39 is 6.03 Å². The van der Waals surface area contributed by atoms with Gasteiger partial charge in [0.1, 0.15) is 12.3 Å². The molecule has 1 aromatic heterocycles. The number of urea groups is 1. The molecule has 8 nitrogen and oxygen atoms in total. The predicted molar refractivity (Wildman–Crippen MR) is 113 cm³/mol. The van der Waals surface area contributed by atoms with Crippen molar-refractivity contribution in [1.82, 2.24) is 9.78 Å². The molecular formula is C19H17Cl2N5O3. The Morgan fingerprint density at radius 1 is 1.03 bits per heavy atom. The van der Waals surface area contributed by atoms with Crippen LogP contribution in [0, 0.1) is 0 Å². The van der Waals surface area contributed by atoms with Gasteiger partial charge in [0.15, 0.2) is 0 Å². The fourth-order valence-electron chi connectivity index (χ4n) is 2.41. The zero-order valence-electron chi connectivity index (χ0n) is 15.3. The maximum absolute atomic E-state index is 12.1. The fraction of sp³-hybridized carbons (Fsp3) is 0.105. The van der Waals surface area contributed by atoms with Crippen molar-refractivity contribution >= 4 is 52.2 Å². The summed E-state index contributed by atoms with van der Waals surface area (Å²) >= 11 is 11.9. The van der Waals surface area contributed by atoms with Crippen molar-refractivity contribution in [2.24, 2.45) is 0 Å². The Labute approximate surface area is 176 Å². The molecule has 0 unspecified atom stereocenters. The van der Waals surface area contributed by atoms with Crippen LogP contribution in [0.5, 0.6) is 5.75 Å². The lowest BCUT2D eigenvalue weighted by atomic mass is 10.3. The first-order chi connectivity index (χ1) is 13.9. The third-order valence-electron chi connectivity index (χ3n) is 3.75. The molecule has 0 bridgehead atoms. The third kappa shape index (κ3) is 5.87. The van der Waals surface area contributed by atoms with Gasteiger partial charge in [-0.3, -0.25) is 9.48 Å². The highest BCUT2D eigenvalue weighted by molar-refractivity contribution is 6.35. The average Bonchev–Trinajstić information content (AvgIpc) is 3.11. The minimum Gasteiger partial charge on any atom is -0.497 e. The van der Waals surface area contributed by atoms with Crippen molar-refractivity contribution < 1.29 is 14.3 Å². The molecule has 0 aliphatic rings. The highest BCUT2D eigenvalue weighted by atomic mass is 35.5. The summed E-state index contributed by atoms with van der Waals surface area (Å²) in [5.41, 5.74) is 1.43. The maximum Gasteiger partial charge on any atom is 0.323 e. The lowest BCUT2D eigenvalue weighted by Gasteiger charge is -2.08. The first kappa shape index (κ1) is 20.5. The normalized spacial score (nSPS) is 10.3. The summed E-state index contributed by atoms with van der Waals surface area (Å²) in [5, 5.41) is 12.8. The number of amides is 3. The second-order valence-corrected chi connectivity index (χ2v) is 6.75. The molecule has 1 heterocycles. The predicted octanol–water partition coefficient (Wildman–Crippen LogP) is 4.48. The third-order valence-corrected chi connectivity index (χ3v) is 4.31. The molecule has 10 heteroatoms. The molecule has 0 radical (unpaired) electrons. The van der Waals surface area contributed by atoms with E-state index in [9.17, 15) is 9.59 Å². The number of rotatable bonds is 6. The standard InChI is InChI=1S/C19H17Cl2N5O3/c1-29-15-5-3-13(4-6-15)23-18(27)11-26-10-14(9-22-26)24-19(28)25-17-8-12(20)2-7-16(17)21/h2-10H,11H2,1H3,(H,23,27)(H2,24,25,28). The summed E-state index contributed by atoms with van der Waals surface area (Å²) in [6.07, 6.45) is 2.96. The van der Waals surface area contributed by atoms with E-state index in [1.54, 1.807) is 43.5 Å². The topological polar surface area (TPSA) is 97.3 Å². The number of ether oxygens (including phenoxy) is 1. The van der Waals surface area contributed by atoms with E-state index >= 15 is 0 Å². The molecule has 29 heavy (non-hydrogen) atoms. The van der Waals surface area contributed by atoms with E-state index in [-0.39, 0.29) is 12.5 Å². The summed E-state index contributed by atoms with van der Waals surface area (Å²) in [6.45, 7) is -0.0184. The van der Waals surface area contributed by atoms with Gasteiger partial charge in [-0.05, 0) is 42.5 Å². The zero-order chi connectivity index (χ0) is 20.8. The highest BCUT2D eigenvalue weighted by Gasteiger charge is 2.10. The average molecular weight is 434 g/mol. The SMILES string of the molecule is COc1ccc(NC(=O)Cn2cc(NC(=O)Nc3cc(Cl)ccc3Cl)cn2)cc1. The Morgan fingerprint density at radius 3 is 2.52 bits per heavy atom. The zero-order valence-corrected chi connectivity index (χ0v) is 16.8. The number of carbonyl (C=O) groups excluding carboxylic acids is 2. The summed E-state index contributed by atoms with van der Waals surface area (Å²) < 4.78 is 6.48. The van der Waals surface area contributed by atoms with E-state index in [2.05, 4.69) is 21.0 Å². The molecule has 3 amide bonds. The van der Waals surface area contributed by atoms with Crippen LogP contribution in [0.1, 0.15) is 0 Å². The van der Waals surface area contributed by atoms with Crippen LogP contribution in [-0.4, -0.2) is 28.8 Å². The van der Waals surface area contributed by atoms with Crippen LogP contribution in [0.3, 0.4) is 0 Å². The van der Waals surface area contributed by atoms with Crippen molar-refractivity contribution in [3.63, 3.8) is 0 Å². The number of halogens is 2. The Bertz CT molecular complexity index is 1020. The number of benzene rings is 2. The van der Waals surface area contributed by atoms with Gasteiger partial charge in [0.05, 0.1) is 29.7 Å². The minimum atomic E-state index is -0.517. The second kappa shape index (κ2) is 9.31. The molecule has 2 aromatic carbocycles. The van der Waals surface area contributed by atoms with Crippen LogP contribution in [0.25, 0.3) is 0 Å². The molecule has 0 spiro atoms. The summed E-state index contributed by atoms with van der Waals surface area (Å²) in [5.74, 6) is 0.433. The highest BCUT2D eigenvalue weighted by Crippen LogP contribution is 2.25. The molecule has 0 saturated heterocycles. The summed E-state index contributed by atoms with van der Waals surface area (Å²) in [6, 6.07) is 11.2. The van der Waals surface area contributed by atoms with Crippen LogP contribution in [0.4, 0.5) is 21.9 Å². The molecule has 0 aliphatic carbocycles. The Hall–Kier alpha value is -3.23. The molecule has 0 fully saturated rings. The number of hydrogen-bond acceptors (Lipinski definition) is 4. The molecule has 0 aliphatic heterocycles. The Balaban J connectivity index is 1.53. The molecule has 3 rings (SSSR count). The Morgan fingerprint density at radius 2 is 1.79 bits per heavy atom. The maximum atomic E-state index is 12.1. The number of nitrogens with one attached hydrogen (secondary N) is 3. The number of carbonyl (C=O) groups is 2. The van der Waals surface area contributed by atoms with Crippen LogP contribution < -0.4 is 20.7 Å². The quantitative estimate of drug-likeness (QED) is 0.533. The van der Waals surface area contributed by atoms with Crippen LogP contribution in [0.15, 0.2) is 54.9 Å². The molecule has 0 saturated carbocycles. The van der Waals surface area contributed by atoms with E-state index in [1.807, 2.05) is 0 Å². The smallest absolute Gasteiger partial charge is 0.323 e. The van der Waals surface area contributed by atoms with E-state index in [4.69, 9.17) is 27.9 Å². The molecule has 150 valence electrons. The van der Waals surface area contributed by atoms with Gasteiger partial charge in [0.2, 0.25) is 5.91 Å². The van der Waals surface area contributed by atoms with Gasteiger partial charge in [-0.25, -0.2) is 4.79 Å². The van der Waals surface area contributed by atoms with Gasteiger partial charge in [-0.2, -0.15) is 5.10 Å². The van der Waals surface area contributed by atoms with Gasteiger partial charge in [0, 0.05) is 16.9 Å². The van der Waals surface area contributed by atoms with E-state index in [0.29, 0.717) is 32.9 Å². The fourth-order valence-corrected chi connectivity index (χ4v) is 2.75. The van der Waals surface area contributed by atoms with Crippen molar-refractivity contribution in [2.45, 2.75) is 6.54 Å². The van der Waals surface area contributed by atoms with E-state index in [0.717, 1.165) is 0 Å². The summed E-state index contributed by atoms with van der Waals surface area (Å²) in [4.78, 5) is 24.3. The first-order valence-corrected chi connectivity index (χ1v) is 9.18. The van der Waals surface area contributed by atoms with Crippen LogP contribution in [-0.2, 0) is 11.3 Å².